The highest BCUT2D eigenvalue weighted by molar-refractivity contribution is 7.10. The van der Waals surface area contributed by atoms with Crippen molar-refractivity contribution in [3.8, 4) is 11.1 Å². The van der Waals surface area contributed by atoms with Gasteiger partial charge in [0.25, 0.3) is 0 Å². The van der Waals surface area contributed by atoms with Crippen molar-refractivity contribution in [2.24, 2.45) is 5.92 Å². The number of thiophene rings is 1. The molecule has 2 atom stereocenters. The molecule has 0 spiro atoms. The minimum atomic E-state index is -4.63. The van der Waals surface area contributed by atoms with Crippen LogP contribution in [0.4, 0.5) is 23.2 Å². The lowest BCUT2D eigenvalue weighted by molar-refractivity contribution is -0.137. The number of alkyl halides is 3. The molecule has 3 aromatic rings. The molecule has 2 nitrogen and oxygen atoms in total. The average Bonchev–Trinajstić information content (AvgIpc) is 3.20. The molecule has 1 aliphatic rings. The highest BCUT2D eigenvalue weighted by Gasteiger charge is 2.32. The summed E-state index contributed by atoms with van der Waals surface area (Å²) in [7, 11) is 0. The van der Waals surface area contributed by atoms with Gasteiger partial charge in [-0.15, -0.1) is 11.3 Å². The summed E-state index contributed by atoms with van der Waals surface area (Å²) in [6, 6.07) is 12.7. The van der Waals surface area contributed by atoms with Crippen LogP contribution in [0.25, 0.3) is 11.1 Å². The summed E-state index contributed by atoms with van der Waals surface area (Å²) in [5.41, 5.74) is 2.25. The third kappa shape index (κ3) is 4.88. The quantitative estimate of drug-likeness (QED) is 0.395. The molecule has 1 aromatic heterocycles. The molecular formula is C25H23F4NOS. The molecule has 2 unspecified atom stereocenters. The van der Waals surface area contributed by atoms with Crippen LogP contribution in [-0.4, -0.2) is 5.91 Å². The molecular weight excluding hydrogens is 438 g/mol. The molecule has 4 rings (SSSR count). The maximum Gasteiger partial charge on any atom is 0.416 e. The molecule has 1 heterocycles. The summed E-state index contributed by atoms with van der Waals surface area (Å²) >= 11 is 1.71. The third-order valence-corrected chi connectivity index (χ3v) is 7.00. The summed E-state index contributed by atoms with van der Waals surface area (Å²) in [5.74, 6) is -1.53. The summed E-state index contributed by atoms with van der Waals surface area (Å²) in [5, 5.41) is 4.56. The molecule has 0 bridgehead atoms. The lowest BCUT2D eigenvalue weighted by atomic mass is 9.77. The van der Waals surface area contributed by atoms with E-state index in [2.05, 4.69) is 48.0 Å². The van der Waals surface area contributed by atoms with Gasteiger partial charge < -0.3 is 5.32 Å². The minimum Gasteiger partial charge on any atom is -0.323 e. The zero-order valence-corrected chi connectivity index (χ0v) is 18.3. The molecule has 32 heavy (non-hydrogen) atoms. The number of anilines is 1. The van der Waals surface area contributed by atoms with Crippen molar-refractivity contribution in [2.45, 2.75) is 44.7 Å². The number of carbonyl (C=O) groups is 1. The Balaban J connectivity index is 1.43. The van der Waals surface area contributed by atoms with Crippen molar-refractivity contribution in [1.82, 2.24) is 0 Å². The van der Waals surface area contributed by atoms with E-state index in [-0.39, 0.29) is 23.4 Å². The Bertz CT molecular complexity index is 1100. The van der Waals surface area contributed by atoms with Gasteiger partial charge in [0.15, 0.2) is 0 Å². The Hall–Kier alpha value is -2.67. The number of hydrogen-bond acceptors (Lipinski definition) is 2. The summed E-state index contributed by atoms with van der Waals surface area (Å²) < 4.78 is 52.3. The molecule has 0 radical (unpaired) electrons. The fraction of sp³-hybridized carbons (Fsp3) is 0.320. The van der Waals surface area contributed by atoms with Crippen LogP contribution in [0.1, 0.15) is 47.6 Å². The number of aryl methyl sites for hydroxylation is 1. The van der Waals surface area contributed by atoms with Gasteiger partial charge in [-0.3, -0.25) is 4.79 Å². The van der Waals surface area contributed by atoms with Crippen LogP contribution < -0.4 is 5.32 Å². The molecule has 7 heteroatoms. The number of nitrogens with one attached hydrogen (secondary N) is 1. The first-order chi connectivity index (χ1) is 15.2. The first-order valence-corrected chi connectivity index (χ1v) is 11.4. The van der Waals surface area contributed by atoms with Crippen LogP contribution in [0, 0.1) is 18.7 Å². The second kappa shape index (κ2) is 9.06. The van der Waals surface area contributed by atoms with E-state index >= 15 is 0 Å². The minimum absolute atomic E-state index is 0.217. The highest BCUT2D eigenvalue weighted by Crippen LogP contribution is 2.38. The number of amides is 1. The maximum absolute atomic E-state index is 14.1. The molecule has 1 aliphatic carbocycles. The Morgan fingerprint density at radius 2 is 1.81 bits per heavy atom. The van der Waals surface area contributed by atoms with Crippen LogP contribution in [0.2, 0.25) is 0 Å². The molecule has 1 saturated carbocycles. The Morgan fingerprint density at radius 1 is 1.06 bits per heavy atom. The van der Waals surface area contributed by atoms with Crippen LogP contribution in [-0.2, 0) is 11.0 Å². The Kier molecular flexibility index (Phi) is 6.38. The molecule has 0 saturated heterocycles. The van der Waals surface area contributed by atoms with Gasteiger partial charge in [0.1, 0.15) is 5.82 Å². The zero-order valence-electron chi connectivity index (χ0n) is 17.5. The summed E-state index contributed by atoms with van der Waals surface area (Å²) in [4.78, 5) is 14.0. The van der Waals surface area contributed by atoms with E-state index in [0.717, 1.165) is 30.5 Å². The van der Waals surface area contributed by atoms with E-state index in [1.807, 2.05) is 0 Å². The van der Waals surface area contributed by atoms with Gasteiger partial charge in [-0.25, -0.2) is 4.39 Å². The summed E-state index contributed by atoms with van der Waals surface area (Å²) in [6.45, 7) is 2.09. The van der Waals surface area contributed by atoms with E-state index in [4.69, 9.17) is 0 Å². The van der Waals surface area contributed by atoms with Gasteiger partial charge in [-0.2, -0.15) is 13.2 Å². The normalized spacial score (nSPS) is 19.0. The standard InChI is InChI=1S/C25H23F4NOS/c1-15-21(11-12-32-15)17-7-5-16(6-8-17)18-3-2-4-19(13-18)24(31)30-23-10-9-20(14-22(23)26)25(27,28)29/h5-12,14,18-19H,2-4,13H2,1H3,(H,30,31). The van der Waals surface area contributed by atoms with E-state index in [9.17, 15) is 22.4 Å². The number of halogens is 4. The second-order valence-electron chi connectivity index (χ2n) is 8.25. The van der Waals surface area contributed by atoms with Crippen LogP contribution in [0.15, 0.2) is 53.9 Å². The average molecular weight is 462 g/mol. The van der Waals surface area contributed by atoms with E-state index < -0.39 is 17.6 Å². The monoisotopic (exact) mass is 461 g/mol. The predicted molar refractivity (Wildman–Crippen MR) is 119 cm³/mol. The van der Waals surface area contributed by atoms with Crippen molar-refractivity contribution < 1.29 is 22.4 Å². The Labute approximate surface area is 188 Å². The van der Waals surface area contributed by atoms with Gasteiger partial charge in [0.05, 0.1) is 11.3 Å². The zero-order chi connectivity index (χ0) is 22.9. The first kappa shape index (κ1) is 22.5. The Morgan fingerprint density at radius 3 is 2.44 bits per heavy atom. The van der Waals surface area contributed by atoms with Crippen molar-refractivity contribution in [3.05, 3.63) is 75.7 Å². The smallest absolute Gasteiger partial charge is 0.323 e. The SMILES string of the molecule is Cc1sccc1-c1ccc(C2CCCC(C(=O)Nc3ccc(C(F)(F)F)cc3F)C2)cc1. The van der Waals surface area contributed by atoms with Crippen molar-refractivity contribution in [3.63, 3.8) is 0 Å². The van der Waals surface area contributed by atoms with E-state index in [1.54, 1.807) is 11.3 Å². The lowest BCUT2D eigenvalue weighted by Gasteiger charge is -2.29. The molecule has 2 aromatic carbocycles. The molecule has 1 N–H and O–H groups in total. The fourth-order valence-electron chi connectivity index (χ4n) is 4.38. The van der Waals surface area contributed by atoms with Gasteiger partial charge in [-0.05, 0) is 78.4 Å². The predicted octanol–water partition coefficient (Wildman–Crippen LogP) is 7.79. The highest BCUT2D eigenvalue weighted by atomic mass is 32.1. The second-order valence-corrected chi connectivity index (χ2v) is 9.37. The van der Waals surface area contributed by atoms with Crippen molar-refractivity contribution in [1.29, 1.82) is 0 Å². The van der Waals surface area contributed by atoms with Crippen LogP contribution >= 0.6 is 11.3 Å². The van der Waals surface area contributed by atoms with Crippen molar-refractivity contribution >= 4 is 22.9 Å². The fourth-order valence-corrected chi connectivity index (χ4v) is 5.10. The number of hydrogen-bond donors (Lipinski definition) is 1. The van der Waals surface area contributed by atoms with Gasteiger partial charge in [0.2, 0.25) is 5.91 Å². The number of carbonyl (C=O) groups excluding carboxylic acids is 1. The third-order valence-electron chi connectivity index (χ3n) is 6.15. The molecule has 0 aliphatic heterocycles. The molecule has 1 fully saturated rings. The van der Waals surface area contributed by atoms with Crippen LogP contribution in [0.5, 0.6) is 0 Å². The van der Waals surface area contributed by atoms with Crippen molar-refractivity contribution in [2.75, 3.05) is 5.32 Å². The van der Waals surface area contributed by atoms with Gasteiger partial charge in [0, 0.05) is 10.8 Å². The van der Waals surface area contributed by atoms with E-state index in [1.165, 1.54) is 16.0 Å². The largest absolute Gasteiger partial charge is 0.416 e. The first-order valence-electron chi connectivity index (χ1n) is 10.5. The van der Waals surface area contributed by atoms with Crippen LogP contribution in [0.3, 0.4) is 0 Å². The van der Waals surface area contributed by atoms with Gasteiger partial charge >= 0.3 is 6.18 Å². The molecule has 168 valence electrons. The number of benzene rings is 2. The van der Waals surface area contributed by atoms with E-state index in [0.29, 0.717) is 18.9 Å². The topological polar surface area (TPSA) is 29.1 Å². The van der Waals surface area contributed by atoms with Gasteiger partial charge in [-0.1, -0.05) is 30.7 Å². The maximum atomic E-state index is 14.1. The number of rotatable bonds is 4. The molecule has 1 amide bonds. The summed E-state index contributed by atoms with van der Waals surface area (Å²) in [6.07, 6.45) is -1.49. The lowest BCUT2D eigenvalue weighted by Crippen LogP contribution is -2.28.